The molecule has 3 heteroatoms. The molecule has 1 aromatic carbocycles. The Balaban J connectivity index is 2.26. The number of aliphatic hydroxyl groups is 2. The highest BCUT2D eigenvalue weighted by molar-refractivity contribution is 5.14. The van der Waals surface area contributed by atoms with Crippen molar-refractivity contribution in [1.82, 2.24) is 4.90 Å². The van der Waals surface area contributed by atoms with Crippen LogP contribution in [0.1, 0.15) is 134 Å². The van der Waals surface area contributed by atoms with E-state index in [2.05, 4.69) is 42.7 Å². The van der Waals surface area contributed by atoms with Crippen molar-refractivity contribution in [3.05, 3.63) is 48.6 Å². The SMILES string of the molecule is C=CCCCCCCCCCC[C@@H](O)CN(Cc1ccccc1)C[C@H](O)CCCCCCCCCC. The summed E-state index contributed by atoms with van der Waals surface area (Å²) in [5.74, 6) is 0. The Bertz CT molecular complexity index is 591. The molecular weight excluding hydrogens is 442 g/mol. The Morgan fingerprint density at radius 1 is 0.667 bits per heavy atom. The van der Waals surface area contributed by atoms with Crippen molar-refractivity contribution in [2.75, 3.05) is 13.1 Å². The van der Waals surface area contributed by atoms with Gasteiger partial charge in [-0.15, -0.1) is 6.58 Å². The first kappa shape index (κ1) is 32.9. The molecule has 0 aliphatic rings. The fourth-order valence-electron chi connectivity index (χ4n) is 5.07. The average Bonchev–Trinajstić information content (AvgIpc) is 2.87. The zero-order valence-corrected chi connectivity index (χ0v) is 23.7. The molecule has 0 amide bonds. The smallest absolute Gasteiger partial charge is 0.0667 e. The molecule has 0 saturated carbocycles. The van der Waals surface area contributed by atoms with Gasteiger partial charge in [0.05, 0.1) is 12.2 Å². The molecule has 0 radical (unpaired) electrons. The molecule has 0 aliphatic carbocycles. The standard InChI is InChI=1S/C33H59NO2/c1-3-5-7-9-11-13-14-16-18-23-27-33(36)30-34(28-31-24-20-19-21-25-31)29-32(35)26-22-17-15-12-10-8-6-4-2/h3,19-21,24-25,32-33,35-36H,1,4-18,22-23,26-30H2,2H3/t32-,33-/m1/s1. The van der Waals surface area contributed by atoms with Gasteiger partial charge >= 0.3 is 0 Å². The lowest BCUT2D eigenvalue weighted by molar-refractivity contribution is 0.0567. The maximum atomic E-state index is 10.7. The second kappa shape index (κ2) is 24.2. The van der Waals surface area contributed by atoms with Crippen LogP contribution in [0, 0.1) is 0 Å². The third-order valence-corrected chi connectivity index (χ3v) is 7.27. The molecule has 0 spiro atoms. The number of hydrogen-bond acceptors (Lipinski definition) is 3. The van der Waals surface area contributed by atoms with Crippen LogP contribution in [0.4, 0.5) is 0 Å². The van der Waals surface area contributed by atoms with Gasteiger partial charge in [0.1, 0.15) is 0 Å². The lowest BCUT2D eigenvalue weighted by Gasteiger charge is -2.27. The van der Waals surface area contributed by atoms with Crippen LogP contribution >= 0.6 is 0 Å². The van der Waals surface area contributed by atoms with E-state index in [0.717, 1.165) is 38.6 Å². The van der Waals surface area contributed by atoms with Gasteiger partial charge in [-0.2, -0.15) is 0 Å². The Morgan fingerprint density at radius 3 is 1.58 bits per heavy atom. The molecule has 2 atom stereocenters. The van der Waals surface area contributed by atoms with Gasteiger partial charge in [-0.05, 0) is 31.2 Å². The van der Waals surface area contributed by atoms with E-state index in [0.29, 0.717) is 13.1 Å². The summed E-state index contributed by atoms with van der Waals surface area (Å²) in [6.45, 7) is 8.13. The van der Waals surface area contributed by atoms with Crippen LogP contribution in [0.3, 0.4) is 0 Å². The van der Waals surface area contributed by atoms with Gasteiger partial charge in [-0.25, -0.2) is 0 Å². The van der Waals surface area contributed by atoms with Gasteiger partial charge in [0.25, 0.3) is 0 Å². The highest BCUT2D eigenvalue weighted by atomic mass is 16.3. The van der Waals surface area contributed by atoms with Crippen LogP contribution in [0.2, 0.25) is 0 Å². The second-order valence-electron chi connectivity index (χ2n) is 10.9. The van der Waals surface area contributed by atoms with Crippen molar-refractivity contribution < 1.29 is 10.2 Å². The molecule has 208 valence electrons. The number of rotatable bonds is 26. The van der Waals surface area contributed by atoms with Gasteiger partial charge in [-0.1, -0.05) is 140 Å². The zero-order chi connectivity index (χ0) is 26.1. The van der Waals surface area contributed by atoms with Crippen LogP contribution in [0.15, 0.2) is 43.0 Å². The van der Waals surface area contributed by atoms with Crippen molar-refractivity contribution in [3.63, 3.8) is 0 Å². The molecule has 0 bridgehead atoms. The predicted octanol–water partition coefficient (Wildman–Crippen LogP) is 8.83. The second-order valence-corrected chi connectivity index (χ2v) is 10.9. The minimum absolute atomic E-state index is 0.313. The molecule has 0 heterocycles. The fraction of sp³-hybridized carbons (Fsp3) is 0.758. The molecule has 1 aromatic rings. The minimum Gasteiger partial charge on any atom is -0.392 e. The number of allylic oxidation sites excluding steroid dienone is 1. The number of nitrogens with zero attached hydrogens (tertiary/aromatic N) is 1. The topological polar surface area (TPSA) is 43.7 Å². The summed E-state index contributed by atoms with van der Waals surface area (Å²) in [6, 6.07) is 10.5. The van der Waals surface area contributed by atoms with Gasteiger partial charge in [0.15, 0.2) is 0 Å². The summed E-state index contributed by atoms with van der Waals surface area (Å²) >= 11 is 0. The van der Waals surface area contributed by atoms with E-state index in [1.54, 1.807) is 0 Å². The Morgan fingerprint density at radius 2 is 1.11 bits per heavy atom. The molecule has 0 fully saturated rings. The monoisotopic (exact) mass is 501 g/mol. The molecule has 36 heavy (non-hydrogen) atoms. The van der Waals surface area contributed by atoms with E-state index in [-0.39, 0.29) is 12.2 Å². The highest BCUT2D eigenvalue weighted by Crippen LogP contribution is 2.15. The molecule has 0 aromatic heterocycles. The van der Waals surface area contributed by atoms with E-state index in [4.69, 9.17) is 0 Å². The van der Waals surface area contributed by atoms with Crippen LogP contribution < -0.4 is 0 Å². The van der Waals surface area contributed by atoms with Gasteiger partial charge in [0, 0.05) is 19.6 Å². The minimum atomic E-state index is -0.317. The van der Waals surface area contributed by atoms with E-state index in [1.165, 1.54) is 95.5 Å². The first-order chi connectivity index (χ1) is 17.7. The Labute approximate surface area is 224 Å². The molecule has 0 unspecified atom stereocenters. The number of benzene rings is 1. The third kappa shape index (κ3) is 20.0. The summed E-state index contributed by atoms with van der Waals surface area (Å²) in [5.41, 5.74) is 1.25. The van der Waals surface area contributed by atoms with Crippen molar-refractivity contribution in [2.24, 2.45) is 0 Å². The van der Waals surface area contributed by atoms with E-state index in [9.17, 15) is 10.2 Å². The number of hydrogen-bond donors (Lipinski definition) is 2. The predicted molar refractivity (Wildman–Crippen MR) is 157 cm³/mol. The molecule has 3 nitrogen and oxygen atoms in total. The van der Waals surface area contributed by atoms with Crippen LogP contribution in [-0.4, -0.2) is 40.4 Å². The highest BCUT2D eigenvalue weighted by Gasteiger charge is 2.16. The van der Waals surface area contributed by atoms with E-state index >= 15 is 0 Å². The van der Waals surface area contributed by atoms with Crippen LogP contribution in [0.25, 0.3) is 0 Å². The maximum absolute atomic E-state index is 10.7. The molecule has 0 saturated heterocycles. The average molecular weight is 502 g/mol. The largest absolute Gasteiger partial charge is 0.392 e. The maximum Gasteiger partial charge on any atom is 0.0667 e. The van der Waals surface area contributed by atoms with Crippen LogP contribution in [-0.2, 0) is 6.54 Å². The Hall–Kier alpha value is -1.16. The summed E-state index contributed by atoms with van der Waals surface area (Å²) in [4.78, 5) is 2.26. The van der Waals surface area contributed by atoms with E-state index < -0.39 is 0 Å². The van der Waals surface area contributed by atoms with Gasteiger partial charge < -0.3 is 10.2 Å². The van der Waals surface area contributed by atoms with E-state index in [1.807, 2.05) is 12.1 Å². The van der Waals surface area contributed by atoms with Crippen molar-refractivity contribution in [1.29, 1.82) is 0 Å². The molecular formula is C33H59NO2. The van der Waals surface area contributed by atoms with Gasteiger partial charge in [0.2, 0.25) is 0 Å². The normalized spacial score (nSPS) is 13.2. The third-order valence-electron chi connectivity index (χ3n) is 7.27. The summed E-state index contributed by atoms with van der Waals surface area (Å²) < 4.78 is 0. The van der Waals surface area contributed by atoms with Crippen molar-refractivity contribution in [3.8, 4) is 0 Å². The fourth-order valence-corrected chi connectivity index (χ4v) is 5.07. The Kier molecular flexibility index (Phi) is 22.1. The number of unbranched alkanes of at least 4 members (excludes halogenated alkanes) is 15. The lowest BCUT2D eigenvalue weighted by Crippen LogP contribution is -2.37. The lowest BCUT2D eigenvalue weighted by atomic mass is 10.0. The zero-order valence-electron chi connectivity index (χ0n) is 23.7. The van der Waals surface area contributed by atoms with Crippen molar-refractivity contribution in [2.45, 2.75) is 148 Å². The number of aliphatic hydroxyl groups excluding tert-OH is 2. The summed E-state index contributed by atoms with van der Waals surface area (Å²) in [6.07, 6.45) is 24.8. The first-order valence-corrected chi connectivity index (χ1v) is 15.4. The summed E-state index contributed by atoms with van der Waals surface area (Å²) in [7, 11) is 0. The van der Waals surface area contributed by atoms with Crippen molar-refractivity contribution >= 4 is 0 Å². The molecule has 1 rings (SSSR count). The summed E-state index contributed by atoms with van der Waals surface area (Å²) in [5, 5.41) is 21.5. The quantitative estimate of drug-likeness (QED) is 0.0984. The molecule has 2 N–H and O–H groups in total. The van der Waals surface area contributed by atoms with Crippen LogP contribution in [0.5, 0.6) is 0 Å². The molecule has 0 aliphatic heterocycles. The van der Waals surface area contributed by atoms with Gasteiger partial charge in [-0.3, -0.25) is 4.90 Å². The first-order valence-electron chi connectivity index (χ1n) is 15.4.